The van der Waals surface area contributed by atoms with E-state index < -0.39 is 0 Å². The van der Waals surface area contributed by atoms with Gasteiger partial charge in [-0.15, -0.1) is 12.4 Å². The molecule has 0 saturated heterocycles. The number of rotatable bonds is 2. The van der Waals surface area contributed by atoms with E-state index in [1.807, 2.05) is 41.5 Å². The van der Waals surface area contributed by atoms with E-state index in [0.717, 1.165) is 0 Å². The average molecular weight is 342 g/mol. The summed E-state index contributed by atoms with van der Waals surface area (Å²) in [6.07, 6.45) is 0. The van der Waals surface area contributed by atoms with E-state index in [1.165, 1.54) is 0 Å². The van der Waals surface area contributed by atoms with Crippen molar-refractivity contribution in [3.05, 3.63) is 29.8 Å². The normalized spacial score (nSPS) is 12.2. The molecule has 1 amide bonds. The van der Waals surface area contributed by atoms with Gasteiger partial charge in [-0.25, -0.2) is 4.99 Å². The van der Waals surface area contributed by atoms with Gasteiger partial charge in [-0.3, -0.25) is 10.1 Å². The van der Waals surface area contributed by atoms with Crippen LogP contribution >= 0.6 is 12.4 Å². The van der Waals surface area contributed by atoms with Crippen molar-refractivity contribution in [1.29, 1.82) is 0 Å². The summed E-state index contributed by atoms with van der Waals surface area (Å²) in [5.41, 5.74) is 0.0257. The standard InChI is InChI=1S/C17H27N3O2.ClH/c1-16(2,3)19-15(20-17(4,5)6)18-14(21)12-9-8-10-13(11-12)22-7;/h8-11H,1-7H3,(H2,18,19,20,21);1H. The summed E-state index contributed by atoms with van der Waals surface area (Å²) in [5.74, 6) is 0.886. The molecule has 1 aromatic rings. The van der Waals surface area contributed by atoms with Crippen LogP contribution in [0.4, 0.5) is 0 Å². The minimum atomic E-state index is -0.296. The number of carbonyl (C=O) groups is 1. The molecule has 1 rings (SSSR count). The molecule has 0 aromatic heterocycles. The van der Waals surface area contributed by atoms with Crippen LogP contribution in [-0.4, -0.2) is 30.1 Å². The molecule has 0 aliphatic heterocycles. The molecule has 0 aliphatic carbocycles. The van der Waals surface area contributed by atoms with E-state index >= 15 is 0 Å². The number of halogens is 1. The molecule has 0 unspecified atom stereocenters. The Bertz CT molecular complexity index is 558. The maximum Gasteiger partial charge on any atom is 0.258 e. The Labute approximate surface area is 145 Å². The lowest BCUT2D eigenvalue weighted by atomic mass is 10.1. The first-order valence-corrected chi connectivity index (χ1v) is 7.34. The highest BCUT2D eigenvalue weighted by Gasteiger charge is 2.18. The third kappa shape index (κ3) is 8.45. The Morgan fingerprint density at radius 2 is 1.74 bits per heavy atom. The lowest BCUT2D eigenvalue weighted by Gasteiger charge is -2.26. The first-order chi connectivity index (χ1) is 10.00. The summed E-state index contributed by atoms with van der Waals surface area (Å²) in [4.78, 5) is 17.0. The predicted molar refractivity (Wildman–Crippen MR) is 97.8 cm³/mol. The van der Waals surface area contributed by atoms with Crippen molar-refractivity contribution in [2.45, 2.75) is 52.6 Å². The molecule has 0 atom stereocenters. The van der Waals surface area contributed by atoms with Gasteiger partial charge in [-0.2, -0.15) is 0 Å². The monoisotopic (exact) mass is 341 g/mol. The van der Waals surface area contributed by atoms with Crippen LogP contribution in [0.15, 0.2) is 29.3 Å². The first kappa shape index (κ1) is 21.2. The maximum atomic E-state index is 12.4. The summed E-state index contributed by atoms with van der Waals surface area (Å²) < 4.78 is 5.15. The lowest BCUT2D eigenvalue weighted by Crippen LogP contribution is -2.50. The number of hydrogen-bond acceptors (Lipinski definition) is 3. The summed E-state index contributed by atoms with van der Waals surface area (Å²) in [7, 11) is 1.57. The molecule has 23 heavy (non-hydrogen) atoms. The molecule has 0 aliphatic rings. The first-order valence-electron chi connectivity index (χ1n) is 7.34. The van der Waals surface area contributed by atoms with Gasteiger partial charge in [-0.05, 0) is 59.7 Å². The summed E-state index contributed by atoms with van der Waals surface area (Å²) in [6, 6.07) is 7.02. The second kappa shape index (κ2) is 8.20. The van der Waals surface area contributed by atoms with Gasteiger partial charge < -0.3 is 10.1 Å². The minimum Gasteiger partial charge on any atom is -0.497 e. The van der Waals surface area contributed by atoms with Crippen LogP contribution in [0, 0.1) is 0 Å². The van der Waals surface area contributed by atoms with Crippen molar-refractivity contribution in [2.75, 3.05) is 7.11 Å². The second-order valence-electron chi connectivity index (χ2n) is 7.19. The predicted octanol–water partition coefficient (Wildman–Crippen LogP) is 3.39. The van der Waals surface area contributed by atoms with Crippen molar-refractivity contribution in [1.82, 2.24) is 10.6 Å². The SMILES string of the molecule is COc1cccc(C(=O)NC(=NC(C)(C)C)NC(C)(C)C)c1.Cl. The number of amides is 1. The Balaban J connectivity index is 0.00000484. The fourth-order valence-electron chi connectivity index (χ4n) is 1.72. The molecule has 0 spiro atoms. The van der Waals surface area contributed by atoms with E-state index in [4.69, 9.17) is 4.74 Å². The lowest BCUT2D eigenvalue weighted by molar-refractivity contribution is 0.0975. The van der Waals surface area contributed by atoms with Crippen LogP contribution in [0.5, 0.6) is 5.75 Å². The fourth-order valence-corrected chi connectivity index (χ4v) is 1.72. The largest absolute Gasteiger partial charge is 0.497 e. The highest BCUT2D eigenvalue weighted by Crippen LogP contribution is 2.13. The Hall–Kier alpha value is -1.75. The van der Waals surface area contributed by atoms with Crippen LogP contribution in [0.25, 0.3) is 0 Å². The van der Waals surface area contributed by atoms with Crippen molar-refractivity contribution >= 4 is 24.3 Å². The number of hydrogen-bond donors (Lipinski definition) is 2. The van der Waals surface area contributed by atoms with Crippen LogP contribution < -0.4 is 15.4 Å². The molecule has 2 N–H and O–H groups in total. The van der Waals surface area contributed by atoms with Crippen LogP contribution in [-0.2, 0) is 0 Å². The average Bonchev–Trinajstić information content (AvgIpc) is 2.34. The van der Waals surface area contributed by atoms with Crippen molar-refractivity contribution in [2.24, 2.45) is 4.99 Å². The molecule has 1 aromatic carbocycles. The van der Waals surface area contributed by atoms with E-state index in [9.17, 15) is 4.79 Å². The molecule has 130 valence electrons. The van der Waals surface area contributed by atoms with Gasteiger partial charge in [0.1, 0.15) is 5.75 Å². The van der Waals surface area contributed by atoms with Gasteiger partial charge >= 0.3 is 0 Å². The quantitative estimate of drug-likeness (QED) is 0.640. The zero-order chi connectivity index (χ0) is 17.0. The Morgan fingerprint density at radius 3 is 2.22 bits per heavy atom. The van der Waals surface area contributed by atoms with Crippen molar-refractivity contribution in [3.63, 3.8) is 0 Å². The van der Waals surface area contributed by atoms with Gasteiger partial charge in [-0.1, -0.05) is 6.07 Å². The second-order valence-corrected chi connectivity index (χ2v) is 7.19. The molecule has 6 heteroatoms. The van der Waals surface area contributed by atoms with Gasteiger partial charge in [0, 0.05) is 11.1 Å². The topological polar surface area (TPSA) is 62.7 Å². The number of nitrogens with one attached hydrogen (secondary N) is 2. The van der Waals surface area contributed by atoms with E-state index in [0.29, 0.717) is 17.3 Å². The van der Waals surface area contributed by atoms with Crippen molar-refractivity contribution < 1.29 is 9.53 Å². The van der Waals surface area contributed by atoms with E-state index in [1.54, 1.807) is 31.4 Å². The van der Waals surface area contributed by atoms with Gasteiger partial charge in [0.05, 0.1) is 12.6 Å². The molecule has 0 radical (unpaired) electrons. The van der Waals surface area contributed by atoms with E-state index in [2.05, 4.69) is 15.6 Å². The molecule has 0 saturated carbocycles. The third-order valence-corrected chi connectivity index (χ3v) is 2.50. The van der Waals surface area contributed by atoms with Gasteiger partial charge in [0.25, 0.3) is 5.91 Å². The number of aliphatic imine (C=N–C) groups is 1. The highest BCUT2D eigenvalue weighted by molar-refractivity contribution is 6.06. The molecule has 0 heterocycles. The van der Waals surface area contributed by atoms with Crippen molar-refractivity contribution in [3.8, 4) is 5.75 Å². The number of guanidine groups is 1. The zero-order valence-electron chi connectivity index (χ0n) is 15.0. The molecular weight excluding hydrogens is 314 g/mol. The third-order valence-electron chi connectivity index (χ3n) is 2.50. The maximum absolute atomic E-state index is 12.4. The molecule has 0 fully saturated rings. The molecular formula is C17H28ClN3O2. The Kier molecular flexibility index (Phi) is 7.58. The number of methoxy groups -OCH3 is 1. The van der Waals surface area contributed by atoms with Gasteiger partial charge in [0.2, 0.25) is 0 Å². The number of ether oxygens (including phenoxy) is 1. The number of nitrogens with zero attached hydrogens (tertiary/aromatic N) is 1. The van der Waals surface area contributed by atoms with Crippen LogP contribution in [0.1, 0.15) is 51.9 Å². The Morgan fingerprint density at radius 1 is 1.13 bits per heavy atom. The van der Waals surface area contributed by atoms with E-state index in [-0.39, 0.29) is 29.4 Å². The molecule has 0 bridgehead atoms. The van der Waals surface area contributed by atoms with Crippen LogP contribution in [0.3, 0.4) is 0 Å². The smallest absolute Gasteiger partial charge is 0.258 e. The summed E-state index contributed by atoms with van der Waals surface area (Å²) in [6.45, 7) is 12.0. The highest BCUT2D eigenvalue weighted by atomic mass is 35.5. The summed E-state index contributed by atoms with van der Waals surface area (Å²) in [5, 5.41) is 6.07. The van der Waals surface area contributed by atoms with Gasteiger partial charge in [0.15, 0.2) is 5.96 Å². The number of benzene rings is 1. The molecule has 5 nitrogen and oxygen atoms in total. The van der Waals surface area contributed by atoms with Crippen LogP contribution in [0.2, 0.25) is 0 Å². The fraction of sp³-hybridized carbons (Fsp3) is 0.529. The summed E-state index contributed by atoms with van der Waals surface area (Å²) >= 11 is 0. The zero-order valence-corrected chi connectivity index (χ0v) is 15.8. The minimum absolute atomic E-state index is 0. The number of carbonyl (C=O) groups excluding carboxylic acids is 1.